The van der Waals surface area contributed by atoms with Crippen LogP contribution in [-0.4, -0.2) is 51.4 Å². The Morgan fingerprint density at radius 3 is 2.70 bits per heavy atom. The topological polar surface area (TPSA) is 110 Å². The predicted octanol–water partition coefficient (Wildman–Crippen LogP) is 1.67. The van der Waals surface area contributed by atoms with Crippen molar-refractivity contribution in [2.45, 2.75) is 18.8 Å². The maximum absolute atomic E-state index is 11.6. The third-order valence-electron chi connectivity index (χ3n) is 4.61. The van der Waals surface area contributed by atoms with Crippen molar-refractivity contribution in [3.63, 3.8) is 0 Å². The van der Waals surface area contributed by atoms with E-state index in [2.05, 4.69) is 35.5 Å². The zero-order valence-corrected chi connectivity index (χ0v) is 14.9. The molecular formula is C18H19N7O2. The molecule has 3 aromatic heterocycles. The van der Waals surface area contributed by atoms with Gasteiger partial charge in [-0.1, -0.05) is 11.2 Å². The molecule has 3 aromatic rings. The first-order valence-corrected chi connectivity index (χ1v) is 8.80. The number of carbonyl (C=O) groups is 1. The van der Waals surface area contributed by atoms with E-state index in [1.165, 1.54) is 0 Å². The Kier molecular flexibility index (Phi) is 4.73. The molecule has 0 bridgehead atoms. The van der Waals surface area contributed by atoms with Gasteiger partial charge < -0.3 is 14.7 Å². The van der Waals surface area contributed by atoms with Crippen LogP contribution in [-0.2, 0) is 0 Å². The lowest BCUT2D eigenvalue weighted by atomic mass is 9.97. The molecule has 1 N–H and O–H groups in total. The second-order valence-electron chi connectivity index (χ2n) is 6.29. The fraction of sp³-hybridized carbons (Fsp3) is 0.333. The number of nitrogens with zero attached hydrogens (tertiary/aromatic N) is 6. The van der Waals surface area contributed by atoms with Crippen LogP contribution in [0.2, 0.25) is 0 Å². The number of pyridine rings is 1. The molecule has 138 valence electrons. The van der Waals surface area contributed by atoms with E-state index in [1.54, 1.807) is 19.3 Å². The number of anilines is 1. The summed E-state index contributed by atoms with van der Waals surface area (Å²) in [5, 5.41) is 14.7. The van der Waals surface area contributed by atoms with Crippen LogP contribution in [0.1, 0.15) is 35.1 Å². The zero-order valence-electron chi connectivity index (χ0n) is 14.9. The van der Waals surface area contributed by atoms with E-state index < -0.39 is 0 Å². The van der Waals surface area contributed by atoms with Crippen molar-refractivity contribution in [3.05, 3.63) is 48.1 Å². The molecule has 0 saturated carbocycles. The number of amides is 1. The Labute approximate surface area is 155 Å². The summed E-state index contributed by atoms with van der Waals surface area (Å²) in [6.07, 6.45) is 3.46. The van der Waals surface area contributed by atoms with Gasteiger partial charge >= 0.3 is 0 Å². The van der Waals surface area contributed by atoms with Gasteiger partial charge in [0.1, 0.15) is 5.69 Å². The summed E-state index contributed by atoms with van der Waals surface area (Å²) in [6.45, 7) is 1.61. The average Bonchev–Trinajstić information content (AvgIpc) is 3.24. The number of rotatable bonds is 4. The molecule has 4 rings (SSSR count). The maximum atomic E-state index is 11.6. The minimum absolute atomic E-state index is 0.212. The molecule has 0 atom stereocenters. The van der Waals surface area contributed by atoms with Crippen LogP contribution in [0.15, 0.2) is 41.1 Å². The minimum atomic E-state index is -0.243. The lowest BCUT2D eigenvalue weighted by Crippen LogP contribution is -2.34. The Bertz CT molecular complexity index is 903. The number of hydrogen-bond acceptors (Lipinski definition) is 8. The predicted molar refractivity (Wildman–Crippen MR) is 97.1 cm³/mol. The Morgan fingerprint density at radius 1 is 1.19 bits per heavy atom. The van der Waals surface area contributed by atoms with E-state index in [0.29, 0.717) is 23.1 Å². The zero-order chi connectivity index (χ0) is 18.6. The quantitative estimate of drug-likeness (QED) is 0.743. The van der Waals surface area contributed by atoms with Crippen molar-refractivity contribution in [1.82, 2.24) is 30.6 Å². The van der Waals surface area contributed by atoms with Gasteiger partial charge in [0.2, 0.25) is 11.7 Å². The van der Waals surface area contributed by atoms with Crippen LogP contribution in [0.4, 0.5) is 5.82 Å². The van der Waals surface area contributed by atoms with E-state index in [4.69, 9.17) is 4.52 Å². The molecule has 1 fully saturated rings. The second kappa shape index (κ2) is 7.48. The van der Waals surface area contributed by atoms with Crippen molar-refractivity contribution in [2.75, 3.05) is 25.0 Å². The fourth-order valence-corrected chi connectivity index (χ4v) is 3.10. The van der Waals surface area contributed by atoms with Gasteiger partial charge in [-0.3, -0.25) is 9.78 Å². The van der Waals surface area contributed by atoms with Gasteiger partial charge in [0.25, 0.3) is 5.91 Å². The summed E-state index contributed by atoms with van der Waals surface area (Å²) in [7, 11) is 1.57. The summed E-state index contributed by atoms with van der Waals surface area (Å²) in [6, 6.07) is 9.12. The smallest absolute Gasteiger partial charge is 0.271 e. The summed E-state index contributed by atoms with van der Waals surface area (Å²) in [5.41, 5.74) is 1.01. The van der Waals surface area contributed by atoms with Crippen molar-refractivity contribution < 1.29 is 9.32 Å². The van der Waals surface area contributed by atoms with Gasteiger partial charge in [0.15, 0.2) is 11.5 Å². The van der Waals surface area contributed by atoms with Crippen LogP contribution in [0.5, 0.6) is 0 Å². The molecule has 0 aliphatic carbocycles. The van der Waals surface area contributed by atoms with Gasteiger partial charge in [-0.05, 0) is 37.1 Å². The summed E-state index contributed by atoms with van der Waals surface area (Å²) < 4.78 is 5.46. The largest absolute Gasteiger partial charge is 0.355 e. The molecule has 0 spiro atoms. The highest BCUT2D eigenvalue weighted by molar-refractivity contribution is 5.91. The summed E-state index contributed by atoms with van der Waals surface area (Å²) in [5.74, 6) is 1.90. The van der Waals surface area contributed by atoms with E-state index in [9.17, 15) is 4.79 Å². The highest BCUT2D eigenvalue weighted by Gasteiger charge is 2.26. The van der Waals surface area contributed by atoms with E-state index in [0.717, 1.165) is 31.7 Å². The van der Waals surface area contributed by atoms with Crippen LogP contribution < -0.4 is 10.2 Å². The van der Waals surface area contributed by atoms with Crippen LogP contribution >= 0.6 is 0 Å². The maximum Gasteiger partial charge on any atom is 0.271 e. The highest BCUT2D eigenvalue weighted by atomic mass is 16.5. The lowest BCUT2D eigenvalue weighted by Gasteiger charge is -2.30. The SMILES string of the molecule is CNC(=O)c1ccc(N2CCC(c3nc(-c4ccccn4)no3)CC2)nn1. The molecule has 1 aliphatic rings. The average molecular weight is 365 g/mol. The monoisotopic (exact) mass is 365 g/mol. The Morgan fingerprint density at radius 2 is 2.04 bits per heavy atom. The molecule has 0 aromatic carbocycles. The van der Waals surface area contributed by atoms with Gasteiger partial charge in [0, 0.05) is 32.3 Å². The third kappa shape index (κ3) is 3.62. The van der Waals surface area contributed by atoms with E-state index in [1.807, 2.05) is 24.3 Å². The van der Waals surface area contributed by atoms with Crippen LogP contribution in [0, 0.1) is 0 Å². The lowest BCUT2D eigenvalue weighted by molar-refractivity contribution is 0.0957. The van der Waals surface area contributed by atoms with Gasteiger partial charge in [-0.15, -0.1) is 10.2 Å². The summed E-state index contributed by atoms with van der Waals surface area (Å²) in [4.78, 5) is 22.5. The molecule has 1 aliphatic heterocycles. The first-order valence-electron chi connectivity index (χ1n) is 8.80. The van der Waals surface area contributed by atoms with Gasteiger partial charge in [-0.2, -0.15) is 4.98 Å². The van der Waals surface area contributed by atoms with Crippen molar-refractivity contribution in [2.24, 2.45) is 0 Å². The fourth-order valence-electron chi connectivity index (χ4n) is 3.10. The molecular weight excluding hydrogens is 346 g/mol. The highest BCUT2D eigenvalue weighted by Crippen LogP contribution is 2.29. The Balaban J connectivity index is 1.39. The number of carbonyl (C=O) groups excluding carboxylic acids is 1. The standard InChI is InChI=1S/C18H19N7O2/c1-19-17(26)14-5-6-15(23-22-14)25-10-7-12(8-11-25)18-21-16(24-27-18)13-4-2-3-9-20-13/h2-6,9,12H,7-8,10-11H2,1H3,(H,19,26). The molecule has 9 nitrogen and oxygen atoms in total. The van der Waals surface area contributed by atoms with Gasteiger partial charge in [0.05, 0.1) is 0 Å². The second-order valence-corrected chi connectivity index (χ2v) is 6.29. The first kappa shape index (κ1) is 17.1. The molecule has 9 heteroatoms. The number of aromatic nitrogens is 5. The normalized spacial score (nSPS) is 14.9. The molecule has 1 saturated heterocycles. The third-order valence-corrected chi connectivity index (χ3v) is 4.61. The van der Waals surface area contributed by atoms with Crippen molar-refractivity contribution in [1.29, 1.82) is 0 Å². The number of hydrogen-bond donors (Lipinski definition) is 1. The van der Waals surface area contributed by atoms with Crippen molar-refractivity contribution >= 4 is 11.7 Å². The molecule has 1 amide bonds. The molecule has 27 heavy (non-hydrogen) atoms. The summed E-state index contributed by atoms with van der Waals surface area (Å²) >= 11 is 0. The van der Waals surface area contributed by atoms with Crippen LogP contribution in [0.25, 0.3) is 11.5 Å². The van der Waals surface area contributed by atoms with E-state index in [-0.39, 0.29) is 11.8 Å². The minimum Gasteiger partial charge on any atom is -0.355 e. The van der Waals surface area contributed by atoms with Crippen LogP contribution in [0.3, 0.4) is 0 Å². The van der Waals surface area contributed by atoms with Gasteiger partial charge in [-0.25, -0.2) is 0 Å². The molecule has 0 unspecified atom stereocenters. The first-order chi connectivity index (χ1) is 13.2. The molecule has 4 heterocycles. The van der Waals surface area contributed by atoms with E-state index >= 15 is 0 Å². The van der Waals surface area contributed by atoms with Crippen molar-refractivity contribution in [3.8, 4) is 11.5 Å². The number of piperidine rings is 1. The number of nitrogens with one attached hydrogen (secondary N) is 1. The molecule has 0 radical (unpaired) electrons. The Hall–Kier alpha value is -3.36.